The van der Waals surface area contributed by atoms with Crippen molar-refractivity contribution in [2.45, 2.75) is 0 Å². The van der Waals surface area contributed by atoms with Gasteiger partial charge in [-0.05, 0) is 49.5 Å². The molecule has 0 bridgehead atoms. The Morgan fingerprint density at radius 3 is 2.27 bits per heavy atom. The molecule has 2 aromatic carbocycles. The van der Waals surface area contributed by atoms with Gasteiger partial charge in [-0.1, -0.05) is 0 Å². The third-order valence-corrected chi connectivity index (χ3v) is 4.64. The van der Waals surface area contributed by atoms with Gasteiger partial charge in [0.1, 0.15) is 11.5 Å². The number of ether oxygens (including phenoxy) is 2. The smallest absolute Gasteiger partial charge is 0.259 e. The summed E-state index contributed by atoms with van der Waals surface area (Å²) in [7, 11) is 5.26. The molecule has 1 aliphatic rings. The molecular weight excluding hydrogens is 330 g/mol. The van der Waals surface area contributed by atoms with Crippen LogP contribution >= 0.6 is 0 Å². The standard InChI is InChI=1S/C20H25N3O3/c1-22-10-12-23(13-11-22)16-6-4-15(5-7-16)21-20(24)18-14-17(25-2)8-9-19(18)26-3/h4-9,14H,10-13H2,1-3H3,(H,21,24). The molecule has 0 spiro atoms. The van der Waals surface area contributed by atoms with Crippen LogP contribution in [0.2, 0.25) is 0 Å². The van der Waals surface area contributed by atoms with Gasteiger partial charge < -0.3 is 24.6 Å². The molecule has 0 radical (unpaired) electrons. The van der Waals surface area contributed by atoms with Gasteiger partial charge in [0.05, 0.1) is 19.8 Å². The molecule has 138 valence electrons. The van der Waals surface area contributed by atoms with Crippen LogP contribution in [0.25, 0.3) is 0 Å². The van der Waals surface area contributed by atoms with Crippen molar-refractivity contribution in [2.75, 3.05) is 57.7 Å². The minimum absolute atomic E-state index is 0.229. The number of hydrogen-bond acceptors (Lipinski definition) is 5. The van der Waals surface area contributed by atoms with Crippen molar-refractivity contribution in [2.24, 2.45) is 0 Å². The van der Waals surface area contributed by atoms with E-state index in [0.717, 1.165) is 31.9 Å². The minimum Gasteiger partial charge on any atom is -0.497 e. The molecule has 1 heterocycles. The lowest BCUT2D eigenvalue weighted by Crippen LogP contribution is -2.44. The normalized spacial score (nSPS) is 14.8. The third-order valence-electron chi connectivity index (χ3n) is 4.64. The lowest BCUT2D eigenvalue weighted by atomic mass is 10.1. The molecule has 1 fully saturated rings. The van der Waals surface area contributed by atoms with Crippen molar-refractivity contribution < 1.29 is 14.3 Å². The van der Waals surface area contributed by atoms with Gasteiger partial charge in [0.25, 0.3) is 5.91 Å². The van der Waals surface area contributed by atoms with Gasteiger partial charge in [-0.15, -0.1) is 0 Å². The summed E-state index contributed by atoms with van der Waals surface area (Å²) in [5.41, 5.74) is 2.36. The Morgan fingerprint density at radius 2 is 1.65 bits per heavy atom. The second-order valence-corrected chi connectivity index (χ2v) is 6.36. The van der Waals surface area contributed by atoms with Crippen molar-refractivity contribution in [3.63, 3.8) is 0 Å². The third kappa shape index (κ3) is 4.08. The van der Waals surface area contributed by atoms with Crippen LogP contribution in [-0.2, 0) is 0 Å². The number of amides is 1. The van der Waals surface area contributed by atoms with Crippen LogP contribution in [0.3, 0.4) is 0 Å². The zero-order valence-corrected chi connectivity index (χ0v) is 15.5. The maximum Gasteiger partial charge on any atom is 0.259 e. The molecule has 1 amide bonds. The number of likely N-dealkylation sites (N-methyl/N-ethyl adjacent to an activating group) is 1. The number of nitrogens with zero attached hydrogens (tertiary/aromatic N) is 2. The molecule has 2 aromatic rings. The van der Waals surface area contributed by atoms with E-state index < -0.39 is 0 Å². The van der Waals surface area contributed by atoms with E-state index in [1.807, 2.05) is 24.3 Å². The molecule has 6 heteroatoms. The van der Waals surface area contributed by atoms with Gasteiger partial charge in [-0.3, -0.25) is 4.79 Å². The summed E-state index contributed by atoms with van der Waals surface area (Å²) in [4.78, 5) is 17.3. The molecule has 1 N–H and O–H groups in total. The second-order valence-electron chi connectivity index (χ2n) is 6.36. The first kappa shape index (κ1) is 18.1. The fraction of sp³-hybridized carbons (Fsp3) is 0.350. The number of hydrogen-bond donors (Lipinski definition) is 1. The van der Waals surface area contributed by atoms with Crippen molar-refractivity contribution in [1.82, 2.24) is 4.90 Å². The number of carbonyl (C=O) groups is 1. The first-order valence-electron chi connectivity index (χ1n) is 8.67. The molecule has 0 atom stereocenters. The fourth-order valence-electron chi connectivity index (χ4n) is 3.01. The summed E-state index contributed by atoms with van der Waals surface area (Å²) in [6, 6.07) is 13.1. The number of carbonyl (C=O) groups excluding carboxylic acids is 1. The highest BCUT2D eigenvalue weighted by molar-refractivity contribution is 6.06. The Morgan fingerprint density at radius 1 is 0.962 bits per heavy atom. The van der Waals surface area contributed by atoms with Crippen molar-refractivity contribution in [1.29, 1.82) is 0 Å². The van der Waals surface area contributed by atoms with E-state index in [0.29, 0.717) is 17.1 Å². The molecule has 26 heavy (non-hydrogen) atoms. The predicted molar refractivity (Wildman–Crippen MR) is 104 cm³/mol. The summed E-state index contributed by atoms with van der Waals surface area (Å²) in [6.07, 6.45) is 0. The number of nitrogens with one attached hydrogen (secondary N) is 1. The number of methoxy groups -OCH3 is 2. The monoisotopic (exact) mass is 355 g/mol. The largest absolute Gasteiger partial charge is 0.497 e. The quantitative estimate of drug-likeness (QED) is 0.894. The van der Waals surface area contributed by atoms with E-state index in [1.165, 1.54) is 5.69 Å². The average Bonchev–Trinajstić information content (AvgIpc) is 2.68. The van der Waals surface area contributed by atoms with Gasteiger partial charge in [0, 0.05) is 37.6 Å². The maximum absolute atomic E-state index is 12.6. The van der Waals surface area contributed by atoms with Gasteiger partial charge >= 0.3 is 0 Å². The van der Waals surface area contributed by atoms with Crippen LogP contribution in [-0.4, -0.2) is 58.3 Å². The van der Waals surface area contributed by atoms with Crippen LogP contribution in [0.4, 0.5) is 11.4 Å². The molecule has 0 unspecified atom stereocenters. The Balaban J connectivity index is 1.70. The second kappa shape index (κ2) is 8.10. The highest BCUT2D eigenvalue weighted by Gasteiger charge is 2.16. The van der Waals surface area contributed by atoms with Gasteiger partial charge in [-0.25, -0.2) is 0 Å². The predicted octanol–water partition coefficient (Wildman–Crippen LogP) is 2.71. The van der Waals surface area contributed by atoms with Crippen LogP contribution in [0.1, 0.15) is 10.4 Å². The van der Waals surface area contributed by atoms with E-state index in [4.69, 9.17) is 9.47 Å². The number of piperazine rings is 1. The Kier molecular flexibility index (Phi) is 5.63. The Hall–Kier alpha value is -2.73. The molecule has 3 rings (SSSR count). The topological polar surface area (TPSA) is 54.0 Å². The SMILES string of the molecule is COc1ccc(OC)c(C(=O)Nc2ccc(N3CCN(C)CC3)cc2)c1. The van der Waals surface area contributed by atoms with E-state index in [-0.39, 0.29) is 5.91 Å². The first-order valence-corrected chi connectivity index (χ1v) is 8.67. The van der Waals surface area contributed by atoms with E-state index in [9.17, 15) is 4.79 Å². The van der Waals surface area contributed by atoms with Gasteiger partial charge in [-0.2, -0.15) is 0 Å². The summed E-state index contributed by atoms with van der Waals surface area (Å²) < 4.78 is 10.5. The molecule has 0 aliphatic carbocycles. The summed E-state index contributed by atoms with van der Waals surface area (Å²) in [6.45, 7) is 4.16. The zero-order valence-electron chi connectivity index (χ0n) is 15.5. The summed E-state index contributed by atoms with van der Waals surface area (Å²) in [5, 5.41) is 2.92. The van der Waals surface area contributed by atoms with Crippen molar-refractivity contribution in [3.05, 3.63) is 48.0 Å². The number of benzene rings is 2. The lowest BCUT2D eigenvalue weighted by Gasteiger charge is -2.34. The fourth-order valence-corrected chi connectivity index (χ4v) is 3.01. The molecular formula is C20H25N3O3. The first-order chi connectivity index (χ1) is 12.6. The molecule has 1 saturated heterocycles. The van der Waals surface area contributed by atoms with Crippen molar-refractivity contribution in [3.8, 4) is 11.5 Å². The average molecular weight is 355 g/mol. The van der Waals surface area contributed by atoms with Gasteiger partial charge in [0.2, 0.25) is 0 Å². The van der Waals surface area contributed by atoms with Gasteiger partial charge in [0.15, 0.2) is 0 Å². The Labute approximate surface area is 154 Å². The highest BCUT2D eigenvalue weighted by atomic mass is 16.5. The lowest BCUT2D eigenvalue weighted by molar-refractivity contribution is 0.102. The van der Waals surface area contributed by atoms with Crippen LogP contribution < -0.4 is 19.7 Å². The van der Waals surface area contributed by atoms with E-state index in [1.54, 1.807) is 32.4 Å². The van der Waals surface area contributed by atoms with Crippen LogP contribution in [0, 0.1) is 0 Å². The highest BCUT2D eigenvalue weighted by Crippen LogP contribution is 2.25. The maximum atomic E-state index is 12.6. The molecule has 1 aliphatic heterocycles. The zero-order chi connectivity index (χ0) is 18.5. The van der Waals surface area contributed by atoms with Crippen LogP contribution in [0.5, 0.6) is 11.5 Å². The van der Waals surface area contributed by atoms with E-state index >= 15 is 0 Å². The van der Waals surface area contributed by atoms with E-state index in [2.05, 4.69) is 22.2 Å². The minimum atomic E-state index is -0.229. The summed E-state index contributed by atoms with van der Waals surface area (Å²) in [5.74, 6) is 0.895. The number of rotatable bonds is 5. The molecule has 6 nitrogen and oxygen atoms in total. The number of anilines is 2. The van der Waals surface area contributed by atoms with Crippen molar-refractivity contribution >= 4 is 17.3 Å². The van der Waals surface area contributed by atoms with Crippen LogP contribution in [0.15, 0.2) is 42.5 Å². The summed E-state index contributed by atoms with van der Waals surface area (Å²) >= 11 is 0. The Bertz CT molecular complexity index is 753. The molecule has 0 saturated carbocycles. The molecule has 0 aromatic heterocycles.